The van der Waals surface area contributed by atoms with Crippen LogP contribution in [-0.4, -0.2) is 25.8 Å². The van der Waals surface area contributed by atoms with E-state index in [1.807, 2.05) is 0 Å². The molecule has 0 radical (unpaired) electrons. The van der Waals surface area contributed by atoms with Crippen molar-refractivity contribution in [3.63, 3.8) is 0 Å². The molecular weight excluding hydrogens is 272 g/mol. The van der Waals surface area contributed by atoms with E-state index in [0.29, 0.717) is 18.4 Å². The summed E-state index contributed by atoms with van der Waals surface area (Å²) >= 11 is 0. The summed E-state index contributed by atoms with van der Waals surface area (Å²) < 4.78 is 52.4. The summed E-state index contributed by atoms with van der Waals surface area (Å²) in [5, 5.41) is 2.95. The lowest BCUT2D eigenvalue weighted by atomic mass is 10.0. The van der Waals surface area contributed by atoms with E-state index in [1.54, 1.807) is 20.0 Å². The van der Waals surface area contributed by atoms with Crippen molar-refractivity contribution in [3.8, 4) is 0 Å². The molecule has 1 fully saturated rings. The van der Waals surface area contributed by atoms with Gasteiger partial charge >= 0.3 is 6.18 Å². The van der Waals surface area contributed by atoms with Crippen molar-refractivity contribution in [1.29, 1.82) is 0 Å². The van der Waals surface area contributed by atoms with Gasteiger partial charge in [0.15, 0.2) is 0 Å². The van der Waals surface area contributed by atoms with Crippen LogP contribution in [0.5, 0.6) is 0 Å². The number of hydrogen-bond donors (Lipinski definition) is 1. The van der Waals surface area contributed by atoms with Gasteiger partial charge in [-0.05, 0) is 38.4 Å². The summed E-state index contributed by atoms with van der Waals surface area (Å²) in [6, 6.07) is 3.99. The first-order valence-corrected chi connectivity index (χ1v) is 6.62. The first-order chi connectivity index (χ1) is 9.33. The highest BCUT2D eigenvalue weighted by Crippen LogP contribution is 2.39. The zero-order valence-electron chi connectivity index (χ0n) is 11.5. The second kappa shape index (κ2) is 5.60. The fourth-order valence-electron chi connectivity index (χ4n) is 2.31. The van der Waals surface area contributed by atoms with Gasteiger partial charge in [-0.15, -0.1) is 0 Å². The topological polar surface area (TPSA) is 15.3 Å². The predicted octanol–water partition coefficient (Wildman–Crippen LogP) is 3.64. The second-order valence-electron chi connectivity index (χ2n) is 5.16. The molecule has 0 saturated heterocycles. The summed E-state index contributed by atoms with van der Waals surface area (Å²) in [6.45, 7) is 0.693. The maximum atomic E-state index is 14.1. The van der Waals surface area contributed by atoms with Crippen molar-refractivity contribution in [1.82, 2.24) is 5.32 Å². The van der Waals surface area contributed by atoms with Gasteiger partial charge in [0, 0.05) is 12.1 Å². The molecule has 1 atom stereocenters. The molecule has 0 heterocycles. The Morgan fingerprint density at radius 1 is 1.35 bits per heavy atom. The highest BCUT2D eigenvalue weighted by molar-refractivity contribution is 5.58. The smallest absolute Gasteiger partial charge is 0.357 e. The molecule has 1 saturated carbocycles. The Morgan fingerprint density at radius 2 is 2.00 bits per heavy atom. The summed E-state index contributed by atoms with van der Waals surface area (Å²) in [4.78, 5) is 1.17. The molecule has 6 heteroatoms. The van der Waals surface area contributed by atoms with Crippen LogP contribution in [0.25, 0.3) is 0 Å². The van der Waals surface area contributed by atoms with Crippen molar-refractivity contribution in [2.45, 2.75) is 38.0 Å². The molecule has 1 aromatic rings. The number of nitrogens with one attached hydrogen (secondary N) is 1. The van der Waals surface area contributed by atoms with Gasteiger partial charge in [0.1, 0.15) is 12.4 Å². The number of rotatable bonds is 5. The predicted molar refractivity (Wildman–Crippen MR) is 70.3 cm³/mol. The van der Waals surface area contributed by atoms with E-state index in [-0.39, 0.29) is 17.8 Å². The van der Waals surface area contributed by atoms with Gasteiger partial charge in [0.25, 0.3) is 0 Å². The second-order valence-corrected chi connectivity index (χ2v) is 5.16. The average molecular weight is 290 g/mol. The quantitative estimate of drug-likeness (QED) is 0.833. The zero-order chi connectivity index (χ0) is 14.9. The van der Waals surface area contributed by atoms with Crippen molar-refractivity contribution in [2.24, 2.45) is 0 Å². The number of hydrogen-bond acceptors (Lipinski definition) is 2. The Kier molecular flexibility index (Phi) is 4.22. The van der Waals surface area contributed by atoms with Gasteiger partial charge in [0.05, 0.1) is 5.69 Å². The van der Waals surface area contributed by atoms with Crippen molar-refractivity contribution < 1.29 is 17.6 Å². The summed E-state index contributed by atoms with van der Waals surface area (Å²) in [5.41, 5.74) is 0.637. The van der Waals surface area contributed by atoms with Gasteiger partial charge < -0.3 is 10.2 Å². The van der Waals surface area contributed by atoms with Crippen molar-refractivity contribution in [2.75, 3.05) is 18.5 Å². The zero-order valence-corrected chi connectivity index (χ0v) is 11.5. The van der Waals surface area contributed by atoms with Crippen molar-refractivity contribution >= 4 is 5.69 Å². The minimum atomic E-state index is -4.34. The Labute approximate surface area is 115 Å². The molecule has 2 rings (SSSR count). The molecule has 0 spiro atoms. The third-order valence-electron chi connectivity index (χ3n) is 3.54. The van der Waals surface area contributed by atoms with Crippen molar-refractivity contribution in [3.05, 3.63) is 29.6 Å². The van der Waals surface area contributed by atoms with E-state index >= 15 is 0 Å². The lowest BCUT2D eigenvalue weighted by Gasteiger charge is -2.30. The molecule has 0 bridgehead atoms. The average Bonchev–Trinajstić information content (AvgIpc) is 3.18. The first kappa shape index (κ1) is 15.1. The highest BCUT2D eigenvalue weighted by atomic mass is 19.4. The molecule has 1 aromatic carbocycles. The molecule has 0 aliphatic heterocycles. The molecule has 20 heavy (non-hydrogen) atoms. The monoisotopic (exact) mass is 290 g/mol. The minimum absolute atomic E-state index is 0.0779. The number of nitrogens with zero attached hydrogens (tertiary/aromatic N) is 1. The van der Waals surface area contributed by atoms with Crippen LogP contribution in [0.15, 0.2) is 18.2 Å². The number of anilines is 1. The van der Waals surface area contributed by atoms with Gasteiger partial charge in [-0.25, -0.2) is 4.39 Å². The summed E-state index contributed by atoms with van der Waals surface area (Å²) in [5.74, 6) is -0.597. The molecule has 0 amide bonds. The third kappa shape index (κ3) is 3.42. The fourth-order valence-corrected chi connectivity index (χ4v) is 2.31. The largest absolute Gasteiger partial charge is 0.405 e. The van der Waals surface area contributed by atoms with Crippen LogP contribution in [-0.2, 0) is 0 Å². The summed E-state index contributed by atoms with van der Waals surface area (Å²) in [6.07, 6.45) is -2.99. The van der Waals surface area contributed by atoms with E-state index in [9.17, 15) is 17.6 Å². The molecule has 1 aliphatic carbocycles. The van der Waals surface area contributed by atoms with Gasteiger partial charge in [-0.2, -0.15) is 13.2 Å². The normalized spacial score (nSPS) is 17.1. The van der Waals surface area contributed by atoms with Crippen LogP contribution in [0.4, 0.5) is 23.2 Å². The lowest BCUT2D eigenvalue weighted by molar-refractivity contribution is -0.120. The van der Waals surface area contributed by atoms with Crippen LogP contribution in [0.2, 0.25) is 0 Å². The van der Waals surface area contributed by atoms with Crippen LogP contribution in [0, 0.1) is 5.82 Å². The maximum Gasteiger partial charge on any atom is 0.405 e. The lowest BCUT2D eigenvalue weighted by Crippen LogP contribution is -2.37. The summed E-state index contributed by atoms with van der Waals surface area (Å²) in [7, 11) is 1.70. The first-order valence-electron chi connectivity index (χ1n) is 6.62. The highest BCUT2D eigenvalue weighted by Gasteiger charge is 2.40. The number of benzene rings is 1. The molecule has 112 valence electrons. The van der Waals surface area contributed by atoms with Gasteiger partial charge in [-0.3, -0.25) is 0 Å². The Hall–Kier alpha value is -1.30. The Morgan fingerprint density at radius 3 is 2.50 bits per heavy atom. The van der Waals surface area contributed by atoms with Crippen LogP contribution in [0.3, 0.4) is 0 Å². The van der Waals surface area contributed by atoms with E-state index in [1.165, 1.54) is 17.0 Å². The number of alkyl halides is 3. The van der Waals surface area contributed by atoms with E-state index < -0.39 is 18.5 Å². The van der Waals surface area contributed by atoms with Crippen LogP contribution < -0.4 is 10.2 Å². The van der Waals surface area contributed by atoms with Gasteiger partial charge in [0.2, 0.25) is 0 Å². The minimum Gasteiger partial charge on any atom is -0.357 e. The van der Waals surface area contributed by atoms with Crippen LogP contribution in [0.1, 0.15) is 31.4 Å². The molecular formula is C14H18F4N2. The van der Waals surface area contributed by atoms with E-state index in [2.05, 4.69) is 5.32 Å². The molecule has 1 N–H and O–H groups in total. The molecule has 2 nitrogen and oxygen atoms in total. The fraction of sp³-hybridized carbons (Fsp3) is 0.571. The number of para-hydroxylation sites is 1. The van der Waals surface area contributed by atoms with Crippen LogP contribution >= 0.6 is 0 Å². The van der Waals surface area contributed by atoms with Gasteiger partial charge in [-0.1, -0.05) is 12.1 Å². The van der Waals surface area contributed by atoms with E-state index in [0.717, 1.165) is 0 Å². The Bertz CT molecular complexity index is 469. The Balaban J connectivity index is 2.41. The van der Waals surface area contributed by atoms with E-state index in [4.69, 9.17) is 0 Å². The maximum absolute atomic E-state index is 14.1. The number of halogens is 4. The standard InChI is InChI=1S/C14H18F4N2/c1-9(19-2)11-4-3-5-12(15)13(11)20(10-6-7-10)8-14(16,17)18/h3-5,9-10,19H,6-8H2,1-2H3. The molecule has 1 unspecified atom stereocenters. The SMILES string of the molecule is CNC(C)c1cccc(F)c1N(CC(F)(F)F)C1CC1. The molecule has 0 aromatic heterocycles. The molecule has 1 aliphatic rings. The third-order valence-corrected chi connectivity index (χ3v) is 3.54.